The molecular formula is C15H20N2O2. The molecule has 1 fully saturated rings. The number of likely N-dealkylation sites (N-methyl/N-ethyl adjacent to an activating group) is 1. The third kappa shape index (κ3) is 3.46. The molecule has 2 rings (SSSR count). The molecule has 1 aromatic rings. The zero-order valence-electron chi connectivity index (χ0n) is 11.3. The lowest BCUT2D eigenvalue weighted by Crippen LogP contribution is -2.33. The van der Waals surface area contributed by atoms with Crippen LogP contribution in [-0.2, 0) is 11.3 Å². The first kappa shape index (κ1) is 13.9. The van der Waals surface area contributed by atoms with Crippen molar-refractivity contribution < 1.29 is 9.84 Å². The molecule has 0 aliphatic carbocycles. The minimum Gasteiger partial charge on any atom is -0.392 e. The number of aliphatic hydroxyl groups excluding tert-OH is 1. The predicted molar refractivity (Wildman–Crippen MR) is 73.9 cm³/mol. The summed E-state index contributed by atoms with van der Waals surface area (Å²) in [4.78, 5) is 2.07. The van der Waals surface area contributed by atoms with Crippen molar-refractivity contribution in [2.24, 2.45) is 0 Å². The number of nitriles is 1. The van der Waals surface area contributed by atoms with E-state index in [9.17, 15) is 5.26 Å². The van der Waals surface area contributed by atoms with Crippen molar-refractivity contribution in [1.82, 2.24) is 0 Å². The first-order valence-electron chi connectivity index (χ1n) is 6.71. The summed E-state index contributed by atoms with van der Waals surface area (Å²) in [6.45, 7) is 1.60. The van der Waals surface area contributed by atoms with Crippen molar-refractivity contribution in [3.05, 3.63) is 29.3 Å². The molecule has 0 bridgehead atoms. The maximum atomic E-state index is 9.20. The molecule has 1 aromatic carbocycles. The smallest absolute Gasteiger partial charge is 0.101 e. The molecule has 1 unspecified atom stereocenters. The molecule has 1 saturated heterocycles. The van der Waals surface area contributed by atoms with Gasteiger partial charge in [-0.1, -0.05) is 6.07 Å². The zero-order chi connectivity index (χ0) is 13.7. The Balaban J connectivity index is 2.09. The van der Waals surface area contributed by atoms with Gasteiger partial charge >= 0.3 is 0 Å². The van der Waals surface area contributed by atoms with Gasteiger partial charge in [-0.3, -0.25) is 0 Å². The van der Waals surface area contributed by atoms with Crippen LogP contribution in [0.3, 0.4) is 0 Å². The lowest BCUT2D eigenvalue weighted by molar-refractivity contribution is 0.0216. The highest BCUT2D eigenvalue weighted by Gasteiger charge is 2.17. The van der Waals surface area contributed by atoms with Crippen molar-refractivity contribution >= 4 is 5.69 Å². The Morgan fingerprint density at radius 2 is 2.32 bits per heavy atom. The van der Waals surface area contributed by atoms with E-state index in [-0.39, 0.29) is 12.7 Å². The first-order valence-corrected chi connectivity index (χ1v) is 6.71. The lowest BCUT2D eigenvalue weighted by atomic mass is 10.1. The summed E-state index contributed by atoms with van der Waals surface area (Å²) in [5, 5.41) is 18.3. The van der Waals surface area contributed by atoms with E-state index in [4.69, 9.17) is 9.84 Å². The van der Waals surface area contributed by atoms with Crippen LogP contribution in [0.25, 0.3) is 0 Å². The van der Waals surface area contributed by atoms with E-state index in [1.54, 1.807) is 6.07 Å². The molecule has 1 aliphatic heterocycles. The monoisotopic (exact) mass is 260 g/mol. The Hall–Kier alpha value is -1.57. The molecular weight excluding hydrogens is 240 g/mol. The molecule has 4 heteroatoms. The van der Waals surface area contributed by atoms with Crippen LogP contribution in [0.1, 0.15) is 30.4 Å². The van der Waals surface area contributed by atoms with Crippen molar-refractivity contribution in [1.29, 1.82) is 5.26 Å². The number of rotatable bonds is 4. The number of ether oxygens (including phenoxy) is 1. The third-order valence-electron chi connectivity index (χ3n) is 3.53. The van der Waals surface area contributed by atoms with Crippen LogP contribution < -0.4 is 4.90 Å². The van der Waals surface area contributed by atoms with E-state index < -0.39 is 0 Å². The molecule has 4 nitrogen and oxygen atoms in total. The normalized spacial score (nSPS) is 18.9. The molecule has 102 valence electrons. The molecule has 19 heavy (non-hydrogen) atoms. The Morgan fingerprint density at radius 3 is 2.95 bits per heavy atom. The van der Waals surface area contributed by atoms with Crippen molar-refractivity contribution in [2.75, 3.05) is 25.1 Å². The second kappa shape index (κ2) is 6.55. The molecule has 1 heterocycles. The molecule has 0 radical (unpaired) electrons. The summed E-state index contributed by atoms with van der Waals surface area (Å²) in [7, 11) is 1.98. The van der Waals surface area contributed by atoms with E-state index >= 15 is 0 Å². The van der Waals surface area contributed by atoms with Gasteiger partial charge in [0.1, 0.15) is 6.07 Å². The van der Waals surface area contributed by atoms with Gasteiger partial charge in [0.15, 0.2) is 0 Å². The fourth-order valence-electron chi connectivity index (χ4n) is 2.46. The molecule has 0 saturated carbocycles. The van der Waals surface area contributed by atoms with E-state index in [0.717, 1.165) is 37.2 Å². The van der Waals surface area contributed by atoms with Crippen LogP contribution in [0, 0.1) is 11.3 Å². The van der Waals surface area contributed by atoms with Gasteiger partial charge in [-0.15, -0.1) is 0 Å². The van der Waals surface area contributed by atoms with Gasteiger partial charge in [-0.25, -0.2) is 0 Å². The summed E-state index contributed by atoms with van der Waals surface area (Å²) in [6, 6.07) is 7.69. The fourth-order valence-corrected chi connectivity index (χ4v) is 2.46. The topological polar surface area (TPSA) is 56.5 Å². The average Bonchev–Trinajstić information content (AvgIpc) is 2.47. The number of nitrogens with zero attached hydrogens (tertiary/aromatic N) is 2. The maximum Gasteiger partial charge on any atom is 0.101 e. The lowest BCUT2D eigenvalue weighted by Gasteiger charge is -2.29. The van der Waals surface area contributed by atoms with Crippen molar-refractivity contribution in [3.63, 3.8) is 0 Å². The van der Waals surface area contributed by atoms with Gasteiger partial charge in [0.05, 0.1) is 24.0 Å². The number of anilines is 1. The van der Waals surface area contributed by atoms with Crippen LogP contribution in [0.5, 0.6) is 0 Å². The number of benzene rings is 1. The molecule has 0 aromatic heterocycles. The Labute approximate surface area is 114 Å². The van der Waals surface area contributed by atoms with Crippen LogP contribution >= 0.6 is 0 Å². The highest BCUT2D eigenvalue weighted by atomic mass is 16.5. The molecule has 1 aliphatic rings. The Kier molecular flexibility index (Phi) is 4.78. The van der Waals surface area contributed by atoms with E-state index in [0.29, 0.717) is 5.56 Å². The minimum absolute atomic E-state index is 0.0373. The fraction of sp³-hybridized carbons (Fsp3) is 0.533. The van der Waals surface area contributed by atoms with Gasteiger partial charge in [0, 0.05) is 20.2 Å². The number of aliphatic hydroxyl groups is 1. The third-order valence-corrected chi connectivity index (χ3v) is 3.53. The quantitative estimate of drug-likeness (QED) is 0.900. The van der Waals surface area contributed by atoms with Crippen LogP contribution in [0.15, 0.2) is 18.2 Å². The number of hydrogen-bond acceptors (Lipinski definition) is 4. The van der Waals surface area contributed by atoms with Gasteiger partial charge < -0.3 is 14.7 Å². The van der Waals surface area contributed by atoms with E-state index in [1.165, 1.54) is 6.42 Å². The van der Waals surface area contributed by atoms with Gasteiger partial charge in [0.2, 0.25) is 0 Å². The van der Waals surface area contributed by atoms with E-state index in [2.05, 4.69) is 11.0 Å². The van der Waals surface area contributed by atoms with Crippen LogP contribution in [0.2, 0.25) is 0 Å². The molecule has 1 N–H and O–H groups in total. The first-order chi connectivity index (χ1) is 9.24. The Morgan fingerprint density at radius 1 is 1.47 bits per heavy atom. The maximum absolute atomic E-state index is 9.20. The van der Waals surface area contributed by atoms with Gasteiger partial charge in [-0.2, -0.15) is 5.26 Å². The summed E-state index contributed by atoms with van der Waals surface area (Å²) in [5.41, 5.74) is 2.27. The predicted octanol–water partition coefficient (Wildman–Crippen LogP) is 2.06. The summed E-state index contributed by atoms with van der Waals surface area (Å²) in [5.74, 6) is 0. The van der Waals surface area contributed by atoms with Crippen LogP contribution in [-0.4, -0.2) is 31.4 Å². The standard InChI is InChI=1S/C15H20N2O2/c1-17(10-14-4-2-3-7-19-14)15-6-5-12(11-18)8-13(15)9-16/h5-6,8,14,18H,2-4,7,10-11H2,1H3. The molecule has 1 atom stereocenters. The summed E-state index contributed by atoms with van der Waals surface area (Å²) in [6.07, 6.45) is 3.70. The summed E-state index contributed by atoms with van der Waals surface area (Å²) >= 11 is 0. The largest absolute Gasteiger partial charge is 0.392 e. The van der Waals surface area contributed by atoms with Crippen molar-refractivity contribution in [3.8, 4) is 6.07 Å². The molecule has 0 amide bonds. The Bertz CT molecular complexity index is 462. The summed E-state index contributed by atoms with van der Waals surface area (Å²) < 4.78 is 5.72. The zero-order valence-corrected chi connectivity index (χ0v) is 11.3. The van der Waals surface area contributed by atoms with Gasteiger partial charge in [0.25, 0.3) is 0 Å². The van der Waals surface area contributed by atoms with Crippen molar-refractivity contribution in [2.45, 2.75) is 32.0 Å². The highest BCUT2D eigenvalue weighted by Crippen LogP contribution is 2.22. The minimum atomic E-state index is -0.0373. The highest BCUT2D eigenvalue weighted by molar-refractivity contribution is 5.60. The average molecular weight is 260 g/mol. The van der Waals surface area contributed by atoms with Crippen LogP contribution in [0.4, 0.5) is 5.69 Å². The van der Waals surface area contributed by atoms with Gasteiger partial charge in [-0.05, 0) is 37.0 Å². The SMILES string of the molecule is CN(CC1CCCCO1)c1ccc(CO)cc1C#N. The van der Waals surface area contributed by atoms with E-state index in [1.807, 2.05) is 19.2 Å². The second-order valence-electron chi connectivity index (χ2n) is 4.99. The molecule has 0 spiro atoms. The number of hydrogen-bond donors (Lipinski definition) is 1. The second-order valence-corrected chi connectivity index (χ2v) is 4.99.